The van der Waals surface area contributed by atoms with Gasteiger partial charge in [0.25, 0.3) is 5.91 Å². The monoisotopic (exact) mass is 366 g/mol. The zero-order valence-electron chi connectivity index (χ0n) is 12.6. The van der Waals surface area contributed by atoms with E-state index in [-0.39, 0.29) is 17.1 Å². The maximum atomic E-state index is 14.0. The van der Waals surface area contributed by atoms with Crippen molar-refractivity contribution in [3.8, 4) is 0 Å². The Hall–Kier alpha value is -2.11. The summed E-state index contributed by atoms with van der Waals surface area (Å²) in [6, 6.07) is 10.3. The Bertz CT molecular complexity index is 823. The minimum absolute atomic E-state index is 0.0890. The molecule has 0 saturated carbocycles. The summed E-state index contributed by atoms with van der Waals surface area (Å²) < 4.78 is 14.0. The summed E-state index contributed by atoms with van der Waals surface area (Å²) >= 11 is 12.1. The second-order valence-corrected chi connectivity index (χ2v) is 6.44. The number of nitrogens with one attached hydrogen (secondary N) is 1. The molecule has 1 heterocycles. The summed E-state index contributed by atoms with van der Waals surface area (Å²) in [5, 5.41) is 3.15. The van der Waals surface area contributed by atoms with Crippen molar-refractivity contribution in [1.82, 2.24) is 10.2 Å². The van der Waals surface area contributed by atoms with Crippen LogP contribution in [0.2, 0.25) is 10.0 Å². The van der Waals surface area contributed by atoms with Gasteiger partial charge in [0.2, 0.25) is 0 Å². The fraction of sp³-hybridized carbons (Fsp3) is 0.176. The summed E-state index contributed by atoms with van der Waals surface area (Å²) in [6.07, 6.45) is 0. The van der Waals surface area contributed by atoms with Gasteiger partial charge in [-0.15, -0.1) is 0 Å². The quantitative estimate of drug-likeness (QED) is 0.831. The number of carbonyl (C=O) groups is 2. The van der Waals surface area contributed by atoms with E-state index in [0.29, 0.717) is 10.6 Å². The van der Waals surface area contributed by atoms with Gasteiger partial charge in [-0.1, -0.05) is 47.5 Å². The molecule has 2 aromatic carbocycles. The largest absolute Gasteiger partial charge is 0.325 e. The molecular formula is C17H13Cl2FN2O2. The van der Waals surface area contributed by atoms with E-state index in [9.17, 15) is 14.0 Å². The molecule has 0 unspecified atom stereocenters. The molecule has 0 radical (unpaired) electrons. The molecule has 3 rings (SSSR count). The van der Waals surface area contributed by atoms with Crippen LogP contribution in [0.1, 0.15) is 18.1 Å². The SMILES string of the molecule is C[C@@]1(c2ccccc2Cl)NC(=O)N(Cc2c(F)cccc2Cl)C1=O. The summed E-state index contributed by atoms with van der Waals surface area (Å²) in [7, 11) is 0. The predicted octanol–water partition coefficient (Wildman–Crippen LogP) is 4.10. The molecule has 3 amide bonds. The molecule has 4 nitrogen and oxygen atoms in total. The van der Waals surface area contributed by atoms with Crippen molar-refractivity contribution in [1.29, 1.82) is 0 Å². The van der Waals surface area contributed by atoms with Crippen molar-refractivity contribution in [2.75, 3.05) is 0 Å². The van der Waals surface area contributed by atoms with E-state index in [1.165, 1.54) is 18.2 Å². The third kappa shape index (κ3) is 2.64. The number of carbonyl (C=O) groups excluding carboxylic acids is 2. The Balaban J connectivity index is 1.97. The van der Waals surface area contributed by atoms with Crippen LogP contribution in [-0.4, -0.2) is 16.8 Å². The number of nitrogens with zero attached hydrogens (tertiary/aromatic N) is 1. The number of rotatable bonds is 3. The van der Waals surface area contributed by atoms with E-state index in [4.69, 9.17) is 23.2 Å². The molecule has 124 valence electrons. The van der Waals surface area contributed by atoms with Gasteiger partial charge in [-0.05, 0) is 25.1 Å². The van der Waals surface area contributed by atoms with Crippen LogP contribution in [0.4, 0.5) is 9.18 Å². The van der Waals surface area contributed by atoms with Crippen LogP contribution >= 0.6 is 23.2 Å². The van der Waals surface area contributed by atoms with E-state index in [1.54, 1.807) is 31.2 Å². The lowest BCUT2D eigenvalue weighted by molar-refractivity contribution is -0.131. The zero-order chi connectivity index (χ0) is 17.5. The highest BCUT2D eigenvalue weighted by Gasteiger charge is 2.50. The molecule has 0 aromatic heterocycles. The van der Waals surface area contributed by atoms with Crippen molar-refractivity contribution < 1.29 is 14.0 Å². The molecule has 2 aromatic rings. The van der Waals surface area contributed by atoms with Crippen LogP contribution in [0.15, 0.2) is 42.5 Å². The number of amides is 3. The number of urea groups is 1. The summed E-state index contributed by atoms with van der Waals surface area (Å²) in [5.41, 5.74) is -0.745. The Morgan fingerprint density at radius 1 is 1.08 bits per heavy atom. The average Bonchev–Trinajstić information content (AvgIpc) is 2.75. The van der Waals surface area contributed by atoms with Gasteiger partial charge in [0, 0.05) is 21.2 Å². The topological polar surface area (TPSA) is 49.4 Å². The molecular weight excluding hydrogens is 354 g/mol. The normalized spacial score (nSPS) is 20.4. The van der Waals surface area contributed by atoms with E-state index in [1.807, 2.05) is 0 Å². The molecule has 0 bridgehead atoms. The maximum Gasteiger partial charge on any atom is 0.325 e. The van der Waals surface area contributed by atoms with Crippen LogP contribution in [-0.2, 0) is 16.9 Å². The second kappa shape index (κ2) is 6.07. The fourth-order valence-corrected chi connectivity index (χ4v) is 3.28. The third-order valence-corrected chi connectivity index (χ3v) is 4.75. The fourth-order valence-electron chi connectivity index (χ4n) is 2.73. The number of halogens is 3. The van der Waals surface area contributed by atoms with E-state index in [2.05, 4.69) is 5.32 Å². The van der Waals surface area contributed by atoms with Crippen LogP contribution in [0.3, 0.4) is 0 Å². The predicted molar refractivity (Wildman–Crippen MR) is 89.3 cm³/mol. The van der Waals surface area contributed by atoms with Crippen molar-refractivity contribution >= 4 is 35.1 Å². The molecule has 1 N–H and O–H groups in total. The molecule has 1 saturated heterocycles. The smallest absolute Gasteiger partial charge is 0.319 e. The minimum atomic E-state index is -1.31. The van der Waals surface area contributed by atoms with Crippen LogP contribution in [0.25, 0.3) is 0 Å². The summed E-state index contributed by atoms with van der Waals surface area (Å²) in [5.74, 6) is -1.09. The van der Waals surface area contributed by atoms with E-state index >= 15 is 0 Å². The minimum Gasteiger partial charge on any atom is -0.319 e. The van der Waals surface area contributed by atoms with Gasteiger partial charge in [-0.3, -0.25) is 9.69 Å². The average molecular weight is 367 g/mol. The molecule has 1 aliphatic heterocycles. The van der Waals surface area contributed by atoms with Gasteiger partial charge in [0.1, 0.15) is 11.4 Å². The summed E-state index contributed by atoms with van der Waals surface area (Å²) in [6.45, 7) is 1.31. The van der Waals surface area contributed by atoms with Crippen LogP contribution in [0.5, 0.6) is 0 Å². The van der Waals surface area contributed by atoms with Gasteiger partial charge in [0.05, 0.1) is 6.54 Å². The molecule has 1 aliphatic rings. The van der Waals surface area contributed by atoms with Crippen molar-refractivity contribution in [3.05, 3.63) is 69.5 Å². The van der Waals surface area contributed by atoms with E-state index < -0.39 is 23.3 Å². The molecule has 0 aliphatic carbocycles. The van der Waals surface area contributed by atoms with Crippen molar-refractivity contribution in [2.24, 2.45) is 0 Å². The lowest BCUT2D eigenvalue weighted by atomic mass is 9.92. The summed E-state index contributed by atoms with van der Waals surface area (Å²) in [4.78, 5) is 26.1. The lowest BCUT2D eigenvalue weighted by Gasteiger charge is -2.23. The molecule has 1 atom stereocenters. The number of hydrogen-bond acceptors (Lipinski definition) is 2. The first-order valence-electron chi connectivity index (χ1n) is 7.16. The van der Waals surface area contributed by atoms with Crippen LogP contribution < -0.4 is 5.32 Å². The van der Waals surface area contributed by atoms with Gasteiger partial charge in [0.15, 0.2) is 0 Å². The van der Waals surface area contributed by atoms with Gasteiger partial charge in [-0.25, -0.2) is 9.18 Å². The Morgan fingerprint density at radius 3 is 2.42 bits per heavy atom. The third-order valence-electron chi connectivity index (χ3n) is 4.07. The van der Waals surface area contributed by atoms with Crippen molar-refractivity contribution in [2.45, 2.75) is 19.0 Å². The highest BCUT2D eigenvalue weighted by atomic mass is 35.5. The van der Waals surface area contributed by atoms with E-state index in [0.717, 1.165) is 4.90 Å². The Morgan fingerprint density at radius 2 is 1.75 bits per heavy atom. The number of hydrogen-bond donors (Lipinski definition) is 1. The highest BCUT2D eigenvalue weighted by Crippen LogP contribution is 2.34. The van der Waals surface area contributed by atoms with Gasteiger partial charge < -0.3 is 5.32 Å². The molecule has 1 fully saturated rings. The Kier molecular flexibility index (Phi) is 4.24. The van der Waals surface area contributed by atoms with Crippen LogP contribution in [0, 0.1) is 5.82 Å². The van der Waals surface area contributed by atoms with Crippen molar-refractivity contribution in [3.63, 3.8) is 0 Å². The maximum absolute atomic E-state index is 14.0. The number of benzene rings is 2. The molecule has 7 heteroatoms. The Labute approximate surface area is 148 Å². The first-order chi connectivity index (χ1) is 11.3. The van der Waals surface area contributed by atoms with Gasteiger partial charge >= 0.3 is 6.03 Å². The van der Waals surface area contributed by atoms with Gasteiger partial charge in [-0.2, -0.15) is 0 Å². The number of imide groups is 1. The first kappa shape index (κ1) is 16.7. The molecule has 0 spiro atoms. The lowest BCUT2D eigenvalue weighted by Crippen LogP contribution is -2.41. The zero-order valence-corrected chi connectivity index (χ0v) is 14.2. The second-order valence-electron chi connectivity index (χ2n) is 5.63. The molecule has 24 heavy (non-hydrogen) atoms. The standard InChI is InChI=1S/C17H13Cl2FN2O2/c1-17(11-5-2-3-6-13(11)19)15(23)22(16(24)21-17)9-10-12(18)7-4-8-14(10)20/h2-8H,9H2,1H3,(H,21,24)/t17-/m0/s1. The first-order valence-corrected chi connectivity index (χ1v) is 7.92. The highest BCUT2D eigenvalue weighted by molar-refractivity contribution is 6.32.